The van der Waals surface area contributed by atoms with Crippen LogP contribution in [-0.4, -0.2) is 54.5 Å². The van der Waals surface area contributed by atoms with E-state index >= 15 is 0 Å². The molecule has 2 N–H and O–H groups in total. The molecule has 0 aromatic heterocycles. The minimum atomic E-state index is -0.851. The third kappa shape index (κ3) is 7.50. The fourth-order valence-corrected chi connectivity index (χ4v) is 1.01. The molecule has 0 saturated heterocycles. The van der Waals surface area contributed by atoms with E-state index in [-0.39, 0.29) is 6.42 Å². The molecule has 1 unspecified atom stereocenters. The molecule has 0 aromatic carbocycles. The van der Waals surface area contributed by atoms with Crippen molar-refractivity contribution in [3.63, 3.8) is 0 Å². The van der Waals surface area contributed by atoms with E-state index in [1.165, 1.54) is 0 Å². The molecular formula is C8H18NO3+. The maximum absolute atomic E-state index is 10.2. The second-order valence-electron chi connectivity index (χ2n) is 4.06. The third-order valence-corrected chi connectivity index (χ3v) is 1.45. The summed E-state index contributed by atoms with van der Waals surface area (Å²) in [5.41, 5.74) is 0. The molecule has 1 atom stereocenters. The lowest BCUT2D eigenvalue weighted by atomic mass is 10.2. The summed E-state index contributed by atoms with van der Waals surface area (Å²) in [4.78, 5) is 10.2. The minimum absolute atomic E-state index is 0.0428. The first kappa shape index (κ1) is 11.4. The first-order valence-electron chi connectivity index (χ1n) is 4.01. The number of hydrogen-bond donors (Lipinski definition) is 2. The van der Waals surface area contributed by atoms with Gasteiger partial charge >= 0.3 is 5.97 Å². The second-order valence-corrected chi connectivity index (χ2v) is 4.06. The lowest BCUT2D eigenvalue weighted by Crippen LogP contribution is -2.41. The fraction of sp³-hybridized carbons (Fsp3) is 0.875. The fourth-order valence-electron chi connectivity index (χ4n) is 1.01. The van der Waals surface area contributed by atoms with Crippen LogP contribution >= 0.6 is 0 Å². The Labute approximate surface area is 73.0 Å². The van der Waals surface area contributed by atoms with E-state index in [0.29, 0.717) is 17.4 Å². The Morgan fingerprint density at radius 2 is 1.92 bits per heavy atom. The predicted octanol–water partition coefficient (Wildman–Crippen LogP) is -0.0817. The van der Waals surface area contributed by atoms with Crippen molar-refractivity contribution >= 4 is 5.97 Å². The Morgan fingerprint density at radius 3 is 2.25 bits per heavy atom. The number of aliphatic carboxylic acids is 1. The molecule has 0 saturated carbocycles. The zero-order valence-corrected chi connectivity index (χ0v) is 7.95. The molecule has 0 aromatic rings. The van der Waals surface area contributed by atoms with Crippen molar-refractivity contribution in [2.24, 2.45) is 0 Å². The van der Waals surface area contributed by atoms with E-state index in [2.05, 4.69) is 0 Å². The lowest BCUT2D eigenvalue weighted by molar-refractivity contribution is -0.873. The number of quaternary nitrogens is 1. The summed E-state index contributed by atoms with van der Waals surface area (Å²) in [5, 5.41) is 17.7. The average Bonchev–Trinajstić information content (AvgIpc) is 1.79. The molecule has 0 aliphatic rings. The summed E-state index contributed by atoms with van der Waals surface area (Å²) in [6.07, 6.45) is -0.132. The number of nitrogens with zero attached hydrogens (tertiary/aromatic N) is 1. The maximum atomic E-state index is 10.2. The molecule has 4 heteroatoms. The van der Waals surface area contributed by atoms with Gasteiger partial charge in [0.1, 0.15) is 12.6 Å². The van der Waals surface area contributed by atoms with Gasteiger partial charge in [-0.15, -0.1) is 0 Å². The second kappa shape index (κ2) is 4.42. The molecule has 0 rings (SSSR count). The largest absolute Gasteiger partial charge is 0.481 e. The van der Waals surface area contributed by atoms with E-state index in [1.807, 2.05) is 21.1 Å². The molecule has 0 radical (unpaired) electrons. The Kier molecular flexibility index (Phi) is 4.20. The quantitative estimate of drug-likeness (QED) is 0.576. The van der Waals surface area contributed by atoms with Crippen LogP contribution < -0.4 is 0 Å². The van der Waals surface area contributed by atoms with Gasteiger partial charge in [0.15, 0.2) is 0 Å². The standard InChI is InChI=1S/C8H17NO3/c1-9(2,3)6-7(10)4-5-8(11)12/h7,10H,4-6H2,1-3H3/p+1. The average molecular weight is 176 g/mol. The molecule has 0 aliphatic carbocycles. The van der Waals surface area contributed by atoms with Crippen molar-refractivity contribution < 1.29 is 19.5 Å². The van der Waals surface area contributed by atoms with Gasteiger partial charge in [-0.2, -0.15) is 0 Å². The summed E-state index contributed by atoms with van der Waals surface area (Å²) >= 11 is 0. The van der Waals surface area contributed by atoms with Crippen LogP contribution in [0.5, 0.6) is 0 Å². The Morgan fingerprint density at radius 1 is 1.42 bits per heavy atom. The van der Waals surface area contributed by atoms with Crippen molar-refractivity contribution in [3.8, 4) is 0 Å². The van der Waals surface area contributed by atoms with Crippen LogP contribution in [0.3, 0.4) is 0 Å². The van der Waals surface area contributed by atoms with E-state index in [1.54, 1.807) is 0 Å². The van der Waals surface area contributed by atoms with Crippen LogP contribution in [0.1, 0.15) is 12.8 Å². The number of carbonyl (C=O) groups is 1. The molecule has 0 fully saturated rings. The molecule has 0 aliphatic heterocycles. The highest BCUT2D eigenvalue weighted by Crippen LogP contribution is 2.01. The number of carboxylic acids is 1. The van der Waals surface area contributed by atoms with Crippen LogP contribution in [0.4, 0.5) is 0 Å². The number of likely N-dealkylation sites (N-methyl/N-ethyl adjacent to an activating group) is 1. The maximum Gasteiger partial charge on any atom is 0.303 e. The van der Waals surface area contributed by atoms with Crippen molar-refractivity contribution in [1.82, 2.24) is 0 Å². The number of carboxylic acid groups (broad SMARTS) is 1. The molecule has 0 bridgehead atoms. The summed E-state index contributed by atoms with van der Waals surface area (Å²) in [6.45, 7) is 0.591. The SMILES string of the molecule is C[N+](C)(C)CC(O)CCC(=O)O. The first-order valence-corrected chi connectivity index (χ1v) is 4.01. The van der Waals surface area contributed by atoms with Crippen LogP contribution in [0, 0.1) is 0 Å². The molecule has 0 spiro atoms. The van der Waals surface area contributed by atoms with Crippen molar-refractivity contribution in [2.45, 2.75) is 18.9 Å². The van der Waals surface area contributed by atoms with Crippen LogP contribution in [-0.2, 0) is 4.79 Å². The monoisotopic (exact) mass is 176 g/mol. The number of aliphatic hydroxyl groups excluding tert-OH is 1. The molecule has 4 nitrogen and oxygen atoms in total. The first-order chi connectivity index (χ1) is 5.31. The van der Waals surface area contributed by atoms with Gasteiger partial charge < -0.3 is 14.7 Å². The molecule has 0 amide bonds. The lowest BCUT2D eigenvalue weighted by Gasteiger charge is -2.26. The smallest absolute Gasteiger partial charge is 0.303 e. The van der Waals surface area contributed by atoms with Crippen molar-refractivity contribution in [3.05, 3.63) is 0 Å². The molecule has 72 valence electrons. The van der Waals surface area contributed by atoms with Crippen molar-refractivity contribution in [2.75, 3.05) is 27.7 Å². The number of rotatable bonds is 5. The highest BCUT2D eigenvalue weighted by molar-refractivity contribution is 5.66. The third-order valence-electron chi connectivity index (χ3n) is 1.45. The Balaban J connectivity index is 3.60. The molecular weight excluding hydrogens is 158 g/mol. The Hall–Kier alpha value is -0.610. The summed E-state index contributed by atoms with van der Waals surface area (Å²) in [5.74, 6) is -0.851. The van der Waals surface area contributed by atoms with Gasteiger partial charge in [0.25, 0.3) is 0 Å². The van der Waals surface area contributed by atoms with E-state index in [0.717, 1.165) is 0 Å². The van der Waals surface area contributed by atoms with Crippen LogP contribution in [0.15, 0.2) is 0 Å². The van der Waals surface area contributed by atoms with E-state index in [4.69, 9.17) is 5.11 Å². The summed E-state index contributed by atoms with van der Waals surface area (Å²) in [6, 6.07) is 0. The van der Waals surface area contributed by atoms with Gasteiger partial charge in [-0.1, -0.05) is 0 Å². The van der Waals surface area contributed by atoms with Gasteiger partial charge in [0.2, 0.25) is 0 Å². The van der Waals surface area contributed by atoms with Gasteiger partial charge in [-0.3, -0.25) is 4.79 Å². The minimum Gasteiger partial charge on any atom is -0.481 e. The van der Waals surface area contributed by atoms with Gasteiger partial charge in [-0.25, -0.2) is 0 Å². The van der Waals surface area contributed by atoms with Gasteiger partial charge in [-0.05, 0) is 6.42 Å². The van der Waals surface area contributed by atoms with E-state index in [9.17, 15) is 9.90 Å². The number of aliphatic hydroxyl groups is 1. The predicted molar refractivity (Wildman–Crippen MR) is 45.8 cm³/mol. The topological polar surface area (TPSA) is 57.5 Å². The van der Waals surface area contributed by atoms with Gasteiger partial charge in [0.05, 0.1) is 21.1 Å². The molecule has 0 heterocycles. The summed E-state index contributed by atoms with van der Waals surface area (Å²) in [7, 11) is 5.89. The Bertz CT molecular complexity index is 151. The molecule has 12 heavy (non-hydrogen) atoms. The highest BCUT2D eigenvalue weighted by atomic mass is 16.4. The zero-order chi connectivity index (χ0) is 9.78. The van der Waals surface area contributed by atoms with Gasteiger partial charge in [0, 0.05) is 6.42 Å². The highest BCUT2D eigenvalue weighted by Gasteiger charge is 2.15. The van der Waals surface area contributed by atoms with Crippen molar-refractivity contribution in [1.29, 1.82) is 0 Å². The number of hydrogen-bond acceptors (Lipinski definition) is 2. The summed E-state index contributed by atoms with van der Waals surface area (Å²) < 4.78 is 0.654. The normalized spacial score (nSPS) is 14.3. The zero-order valence-electron chi connectivity index (χ0n) is 7.95. The van der Waals surface area contributed by atoms with Crippen LogP contribution in [0.25, 0.3) is 0 Å². The van der Waals surface area contributed by atoms with Crippen LogP contribution in [0.2, 0.25) is 0 Å². The van der Waals surface area contributed by atoms with E-state index < -0.39 is 12.1 Å².